The van der Waals surface area contributed by atoms with Crippen LogP contribution >= 0.6 is 0 Å². The number of hydrogen-bond acceptors (Lipinski definition) is 8. The molecule has 0 saturated carbocycles. The molecule has 0 amide bonds. The summed E-state index contributed by atoms with van der Waals surface area (Å²) < 4.78 is 22.9. The molecule has 0 bridgehead atoms. The highest BCUT2D eigenvalue weighted by Gasteiger charge is 2.30. The van der Waals surface area contributed by atoms with Gasteiger partial charge in [-0.2, -0.15) is 0 Å². The molecule has 0 radical (unpaired) electrons. The average Bonchev–Trinajstić information content (AvgIpc) is 3.18. The van der Waals surface area contributed by atoms with Gasteiger partial charge in [0.1, 0.15) is 17.5 Å². The summed E-state index contributed by atoms with van der Waals surface area (Å²) in [6.07, 6.45) is -0.337. The number of aldehydes is 1. The molecule has 190 valence electrons. The van der Waals surface area contributed by atoms with E-state index in [0.717, 1.165) is 16.5 Å². The summed E-state index contributed by atoms with van der Waals surface area (Å²) in [6.45, 7) is 7.72. The van der Waals surface area contributed by atoms with Crippen LogP contribution in [0.25, 0.3) is 22.3 Å². The molecular formula is C27H30N2O7. The van der Waals surface area contributed by atoms with Gasteiger partial charge in [0.25, 0.3) is 5.56 Å². The van der Waals surface area contributed by atoms with Gasteiger partial charge in [-0.05, 0) is 57.0 Å². The first-order valence-electron chi connectivity index (χ1n) is 11.7. The third-order valence-electron chi connectivity index (χ3n) is 6.09. The number of methoxy groups -OCH3 is 2. The number of nitrogens with zero attached hydrogens (tertiary/aromatic N) is 2. The Hall–Kier alpha value is -3.56. The first kappa shape index (κ1) is 25.5. The molecule has 0 N–H and O–H groups in total. The molecule has 1 aliphatic heterocycles. The monoisotopic (exact) mass is 494 g/mol. The van der Waals surface area contributed by atoms with Gasteiger partial charge in [-0.25, -0.2) is 9.78 Å². The van der Waals surface area contributed by atoms with Gasteiger partial charge in [0.05, 0.1) is 30.1 Å². The van der Waals surface area contributed by atoms with Crippen molar-refractivity contribution in [1.82, 2.24) is 9.55 Å². The fourth-order valence-corrected chi connectivity index (χ4v) is 4.58. The maximum Gasteiger partial charge on any atom is 0.514 e. The highest BCUT2D eigenvalue weighted by atomic mass is 16.7. The fourth-order valence-electron chi connectivity index (χ4n) is 4.58. The quantitative estimate of drug-likeness (QED) is 0.212. The normalized spacial score (nSPS) is 13.3. The maximum atomic E-state index is 13.5. The highest BCUT2D eigenvalue weighted by molar-refractivity contribution is 5.89. The number of benzene rings is 1. The third kappa shape index (κ3) is 4.64. The predicted octanol–water partition coefficient (Wildman–Crippen LogP) is 4.33. The second-order valence-corrected chi connectivity index (χ2v) is 9.60. The first-order chi connectivity index (χ1) is 17.1. The highest BCUT2D eigenvalue weighted by Crippen LogP contribution is 2.38. The van der Waals surface area contributed by atoms with Crippen molar-refractivity contribution in [2.45, 2.75) is 59.0 Å². The third-order valence-corrected chi connectivity index (χ3v) is 6.09. The predicted molar refractivity (Wildman–Crippen MR) is 133 cm³/mol. The van der Waals surface area contributed by atoms with E-state index >= 15 is 0 Å². The summed E-state index contributed by atoms with van der Waals surface area (Å²) >= 11 is 0. The van der Waals surface area contributed by atoms with E-state index in [2.05, 4.69) is 0 Å². The molecule has 2 aromatic heterocycles. The van der Waals surface area contributed by atoms with Gasteiger partial charge >= 0.3 is 6.16 Å². The summed E-state index contributed by atoms with van der Waals surface area (Å²) in [5, 5.41) is 0.832. The van der Waals surface area contributed by atoms with E-state index in [1.165, 1.54) is 14.2 Å². The van der Waals surface area contributed by atoms with E-state index in [-0.39, 0.29) is 12.2 Å². The van der Waals surface area contributed by atoms with Gasteiger partial charge < -0.3 is 28.3 Å². The first-order valence-corrected chi connectivity index (χ1v) is 11.7. The van der Waals surface area contributed by atoms with Crippen molar-refractivity contribution in [3.05, 3.63) is 56.9 Å². The number of ether oxygens (including phenoxy) is 4. The van der Waals surface area contributed by atoms with E-state index in [1.807, 2.05) is 6.92 Å². The lowest BCUT2D eigenvalue weighted by molar-refractivity contribution is -0.116. The van der Waals surface area contributed by atoms with Crippen LogP contribution < -0.4 is 10.3 Å². The molecule has 1 unspecified atom stereocenters. The number of carbonyl (C=O) groups is 2. The van der Waals surface area contributed by atoms with Gasteiger partial charge in [0.2, 0.25) is 0 Å². The molecule has 0 spiro atoms. The van der Waals surface area contributed by atoms with Crippen molar-refractivity contribution in [3.63, 3.8) is 0 Å². The van der Waals surface area contributed by atoms with E-state index in [1.54, 1.807) is 49.6 Å². The maximum absolute atomic E-state index is 13.5. The topological polar surface area (TPSA) is 106 Å². The fraction of sp³-hybridized carbons (Fsp3) is 0.407. The van der Waals surface area contributed by atoms with Crippen LogP contribution in [0.5, 0.6) is 5.75 Å². The molecular weight excluding hydrogens is 464 g/mol. The minimum absolute atomic E-state index is 0.0555. The number of hydrogen-bond donors (Lipinski definition) is 0. The lowest BCUT2D eigenvalue weighted by atomic mass is 9.98. The smallest absolute Gasteiger partial charge is 0.428 e. The second-order valence-electron chi connectivity index (χ2n) is 9.60. The molecule has 0 saturated heterocycles. The van der Waals surface area contributed by atoms with Crippen LogP contribution in [0.2, 0.25) is 0 Å². The Morgan fingerprint density at radius 1 is 1.19 bits per heavy atom. The van der Waals surface area contributed by atoms with E-state index < -0.39 is 17.9 Å². The molecule has 0 aliphatic carbocycles. The number of rotatable bonds is 7. The average molecular weight is 495 g/mol. The standard InChI is InChI=1S/C27H30N2O7/c1-7-16-17-10-15(35-26(32)36-27(2,3)4)8-9-21(17)28-24-19(16)12-29-22(24)11-18(23(13-30)34-6)20(14-33-5)25(29)31/h8-11,13,23H,7,12,14H2,1-6H3. The van der Waals surface area contributed by atoms with Crippen molar-refractivity contribution < 1.29 is 28.5 Å². The number of carbonyl (C=O) groups excluding carboxylic acids is 2. The Morgan fingerprint density at radius 2 is 1.94 bits per heavy atom. The number of aromatic nitrogens is 2. The van der Waals surface area contributed by atoms with Gasteiger partial charge in [0, 0.05) is 36.3 Å². The zero-order valence-electron chi connectivity index (χ0n) is 21.3. The van der Waals surface area contributed by atoms with Crippen LogP contribution in [0.1, 0.15) is 56.1 Å². The summed E-state index contributed by atoms with van der Waals surface area (Å²) in [7, 11) is 2.92. The van der Waals surface area contributed by atoms with Crippen LogP contribution in [-0.4, -0.2) is 41.8 Å². The Kier molecular flexibility index (Phi) is 6.97. The van der Waals surface area contributed by atoms with Crippen LogP contribution in [-0.2, 0) is 38.6 Å². The Labute approximate surface area is 208 Å². The molecule has 0 fully saturated rings. The number of pyridine rings is 2. The number of aryl methyl sites for hydroxylation is 1. The molecule has 1 aliphatic rings. The van der Waals surface area contributed by atoms with Crippen molar-refractivity contribution in [2.75, 3.05) is 14.2 Å². The van der Waals surface area contributed by atoms with Gasteiger partial charge in [0.15, 0.2) is 6.29 Å². The van der Waals surface area contributed by atoms with Crippen LogP contribution in [0, 0.1) is 0 Å². The summed E-state index contributed by atoms with van der Waals surface area (Å²) in [4.78, 5) is 42.2. The van der Waals surface area contributed by atoms with Crippen molar-refractivity contribution >= 4 is 23.3 Å². The van der Waals surface area contributed by atoms with Gasteiger partial charge in [-0.1, -0.05) is 6.92 Å². The minimum atomic E-state index is -0.892. The Bertz CT molecular complexity index is 1400. The van der Waals surface area contributed by atoms with Gasteiger partial charge in [-0.3, -0.25) is 4.79 Å². The van der Waals surface area contributed by atoms with Gasteiger partial charge in [-0.15, -0.1) is 0 Å². The lowest BCUT2D eigenvalue weighted by Crippen LogP contribution is -2.27. The summed E-state index contributed by atoms with van der Waals surface area (Å²) in [5.41, 5.74) is 3.86. The molecule has 3 aromatic rings. The largest absolute Gasteiger partial charge is 0.514 e. The minimum Gasteiger partial charge on any atom is -0.428 e. The Balaban J connectivity index is 1.85. The summed E-state index contributed by atoms with van der Waals surface area (Å²) in [5.74, 6) is 0.347. The van der Waals surface area contributed by atoms with Crippen molar-refractivity contribution in [3.8, 4) is 17.1 Å². The van der Waals surface area contributed by atoms with E-state index in [9.17, 15) is 14.4 Å². The van der Waals surface area contributed by atoms with Crippen LogP contribution in [0.15, 0.2) is 29.1 Å². The molecule has 9 heteroatoms. The molecule has 36 heavy (non-hydrogen) atoms. The number of fused-ring (bicyclic) bond motifs is 4. The second kappa shape index (κ2) is 9.83. The van der Waals surface area contributed by atoms with Crippen molar-refractivity contribution in [1.29, 1.82) is 0 Å². The summed E-state index contributed by atoms with van der Waals surface area (Å²) in [6, 6.07) is 7.00. The molecule has 1 aromatic carbocycles. The van der Waals surface area contributed by atoms with E-state index in [4.69, 9.17) is 23.9 Å². The molecule has 3 heterocycles. The van der Waals surface area contributed by atoms with Crippen LogP contribution in [0.3, 0.4) is 0 Å². The van der Waals surface area contributed by atoms with Crippen molar-refractivity contribution in [2.24, 2.45) is 0 Å². The zero-order chi connectivity index (χ0) is 26.2. The zero-order valence-corrected chi connectivity index (χ0v) is 21.3. The van der Waals surface area contributed by atoms with Crippen LogP contribution in [0.4, 0.5) is 4.79 Å². The lowest BCUT2D eigenvalue weighted by Gasteiger charge is -2.19. The Morgan fingerprint density at radius 3 is 2.56 bits per heavy atom. The molecule has 9 nitrogen and oxygen atoms in total. The van der Waals surface area contributed by atoms with E-state index in [0.29, 0.717) is 53.0 Å². The molecule has 4 rings (SSSR count). The SMILES string of the molecule is CCc1c2c(nc3ccc(OC(=O)OC(C)(C)C)cc13)-c1cc(C(C=O)OC)c(COC)c(=O)n1C2. The molecule has 1 atom stereocenters.